The van der Waals surface area contributed by atoms with E-state index in [-0.39, 0.29) is 34.6 Å². The van der Waals surface area contributed by atoms with Crippen LogP contribution in [0.2, 0.25) is 0 Å². The molecule has 6 nitrogen and oxygen atoms in total. The Labute approximate surface area is 158 Å². The quantitative estimate of drug-likeness (QED) is 0.291. The van der Waals surface area contributed by atoms with Gasteiger partial charge in [-0.25, -0.2) is 16.8 Å². The molecule has 0 amide bonds. The summed E-state index contributed by atoms with van der Waals surface area (Å²) in [5.41, 5.74) is 0. The van der Waals surface area contributed by atoms with Crippen LogP contribution in [0.1, 0.15) is 78.1 Å². The molecule has 0 saturated carbocycles. The van der Waals surface area contributed by atoms with Gasteiger partial charge in [0.05, 0.1) is 20.2 Å². The third kappa shape index (κ3) is 34.8. The summed E-state index contributed by atoms with van der Waals surface area (Å²) in [4.78, 5) is 0. The van der Waals surface area contributed by atoms with Crippen molar-refractivity contribution < 1.29 is 25.9 Å². The fourth-order valence-corrected chi connectivity index (χ4v) is 2.88. The Morgan fingerprint density at radius 2 is 0.826 bits per heavy atom. The van der Waals surface area contributed by atoms with E-state index < -0.39 is 20.2 Å². The minimum Gasteiger partial charge on any atom is -0.748 e. The second kappa shape index (κ2) is 17.4. The van der Waals surface area contributed by atoms with Crippen LogP contribution >= 0.6 is 0 Å². The fourth-order valence-electron chi connectivity index (χ4n) is 1.76. The first-order valence-electron chi connectivity index (χ1n) is 7.99. The van der Waals surface area contributed by atoms with Crippen LogP contribution in [0.25, 0.3) is 0 Å². The van der Waals surface area contributed by atoms with Crippen molar-refractivity contribution >= 4 is 43.3 Å². The molecule has 0 heterocycles. The van der Waals surface area contributed by atoms with Crippen LogP contribution in [0.15, 0.2) is 0 Å². The van der Waals surface area contributed by atoms with E-state index in [1.165, 1.54) is 0 Å². The van der Waals surface area contributed by atoms with Gasteiger partial charge in [-0.3, -0.25) is 0 Å². The predicted molar refractivity (Wildman–Crippen MR) is 92.4 cm³/mol. The van der Waals surface area contributed by atoms with Crippen LogP contribution in [0, 0.1) is 0 Å². The van der Waals surface area contributed by atoms with Gasteiger partial charge in [0.15, 0.2) is 0 Å². The molecule has 0 aliphatic rings. The van der Waals surface area contributed by atoms with Crippen molar-refractivity contribution in [1.29, 1.82) is 0 Å². The van der Waals surface area contributed by atoms with E-state index in [9.17, 15) is 25.9 Å². The standard InChI is InChI=1S/2C7H16O3S.Mg/c2*1-2-3-4-5-6-7-11(8,9)10;/h2*2-7H2,1H3,(H,8,9,10);/q;;+2/p-2. The largest absolute Gasteiger partial charge is 2.00 e. The third-order valence-electron chi connectivity index (χ3n) is 3.00. The number of hydrogen-bond acceptors (Lipinski definition) is 6. The van der Waals surface area contributed by atoms with Crippen LogP contribution in [0.5, 0.6) is 0 Å². The first-order chi connectivity index (χ1) is 10.1. The molecule has 0 aliphatic carbocycles. The zero-order valence-electron chi connectivity index (χ0n) is 14.5. The Morgan fingerprint density at radius 3 is 1.04 bits per heavy atom. The van der Waals surface area contributed by atoms with E-state index in [4.69, 9.17) is 0 Å². The first-order valence-corrected chi connectivity index (χ1v) is 11.1. The zero-order chi connectivity index (χ0) is 17.5. The van der Waals surface area contributed by atoms with Gasteiger partial charge < -0.3 is 9.11 Å². The second-order valence-corrected chi connectivity index (χ2v) is 8.40. The minimum atomic E-state index is -3.96. The molecule has 0 N–H and O–H groups in total. The Morgan fingerprint density at radius 1 is 0.565 bits per heavy atom. The van der Waals surface area contributed by atoms with Crippen molar-refractivity contribution in [2.75, 3.05) is 11.5 Å². The van der Waals surface area contributed by atoms with Crippen molar-refractivity contribution in [3.63, 3.8) is 0 Å². The van der Waals surface area contributed by atoms with Gasteiger partial charge >= 0.3 is 23.1 Å². The normalized spacial score (nSPS) is 11.3. The van der Waals surface area contributed by atoms with E-state index in [2.05, 4.69) is 13.8 Å². The average molecular weight is 383 g/mol. The maximum Gasteiger partial charge on any atom is 2.00 e. The SMILES string of the molecule is CCCCCCCS(=O)(=O)[O-].CCCCCCCS(=O)(=O)[O-].[Mg+2]. The van der Waals surface area contributed by atoms with E-state index in [1.807, 2.05) is 0 Å². The Balaban J connectivity index is -0.000000333. The Kier molecular flexibility index (Phi) is 21.5. The van der Waals surface area contributed by atoms with Gasteiger partial charge in [0.25, 0.3) is 0 Å². The summed E-state index contributed by atoms with van der Waals surface area (Å²) in [6.07, 6.45) is 9.33. The molecule has 0 saturated heterocycles. The maximum atomic E-state index is 10.1. The van der Waals surface area contributed by atoms with Crippen LogP contribution in [0.3, 0.4) is 0 Å². The van der Waals surface area contributed by atoms with E-state index in [0.717, 1.165) is 51.4 Å². The van der Waals surface area contributed by atoms with Crippen molar-refractivity contribution in [3.05, 3.63) is 0 Å². The molecular formula is C14H30MgO6S2. The summed E-state index contributed by atoms with van der Waals surface area (Å²) >= 11 is 0. The second-order valence-electron chi connectivity index (χ2n) is 5.35. The topological polar surface area (TPSA) is 114 Å². The summed E-state index contributed by atoms with van der Waals surface area (Å²) in [6, 6.07) is 0. The molecule has 0 radical (unpaired) electrons. The molecule has 0 rings (SSSR count). The van der Waals surface area contributed by atoms with Crippen molar-refractivity contribution in [2.45, 2.75) is 78.1 Å². The van der Waals surface area contributed by atoms with E-state index in [1.54, 1.807) is 0 Å². The van der Waals surface area contributed by atoms with Crippen LogP contribution in [-0.4, -0.2) is 60.5 Å². The Bertz CT molecular complexity index is 392. The molecule has 0 spiro atoms. The van der Waals surface area contributed by atoms with Crippen molar-refractivity contribution in [3.8, 4) is 0 Å². The number of hydrogen-bond donors (Lipinski definition) is 0. The van der Waals surface area contributed by atoms with Gasteiger partial charge in [-0.2, -0.15) is 0 Å². The molecule has 23 heavy (non-hydrogen) atoms. The van der Waals surface area contributed by atoms with Crippen molar-refractivity contribution in [1.82, 2.24) is 0 Å². The van der Waals surface area contributed by atoms with Gasteiger partial charge in [0, 0.05) is 11.5 Å². The zero-order valence-corrected chi connectivity index (χ0v) is 17.5. The van der Waals surface area contributed by atoms with Crippen LogP contribution < -0.4 is 0 Å². The number of rotatable bonds is 12. The molecular weight excluding hydrogens is 353 g/mol. The third-order valence-corrected chi connectivity index (χ3v) is 4.57. The van der Waals surface area contributed by atoms with E-state index in [0.29, 0.717) is 12.8 Å². The predicted octanol–water partition coefficient (Wildman–Crippen LogP) is 2.62. The molecule has 0 aliphatic heterocycles. The molecule has 9 heteroatoms. The molecule has 136 valence electrons. The molecule has 0 aromatic rings. The molecule has 0 atom stereocenters. The van der Waals surface area contributed by atoms with Gasteiger partial charge in [-0.15, -0.1) is 0 Å². The molecule has 0 fully saturated rings. The fraction of sp³-hybridized carbons (Fsp3) is 1.00. The first kappa shape index (κ1) is 28.4. The number of unbranched alkanes of at least 4 members (excludes halogenated alkanes) is 8. The van der Waals surface area contributed by atoms with Crippen LogP contribution in [0.4, 0.5) is 0 Å². The van der Waals surface area contributed by atoms with Gasteiger partial charge in [-0.1, -0.05) is 65.2 Å². The minimum absolute atomic E-state index is 0. The summed E-state index contributed by atoms with van der Waals surface area (Å²) in [5, 5.41) is 0. The van der Waals surface area contributed by atoms with Gasteiger partial charge in [-0.05, 0) is 12.8 Å². The Hall–Kier alpha value is 0.586. The summed E-state index contributed by atoms with van der Waals surface area (Å²) in [5.74, 6) is -0.395. The van der Waals surface area contributed by atoms with E-state index >= 15 is 0 Å². The van der Waals surface area contributed by atoms with Crippen molar-refractivity contribution in [2.24, 2.45) is 0 Å². The molecule has 0 aromatic heterocycles. The van der Waals surface area contributed by atoms with Gasteiger partial charge in [0.2, 0.25) is 0 Å². The summed E-state index contributed by atoms with van der Waals surface area (Å²) in [6.45, 7) is 4.18. The molecule has 0 unspecified atom stereocenters. The summed E-state index contributed by atoms with van der Waals surface area (Å²) < 4.78 is 60.7. The van der Waals surface area contributed by atoms with Gasteiger partial charge in [0.1, 0.15) is 0 Å². The monoisotopic (exact) mass is 382 g/mol. The summed E-state index contributed by atoms with van der Waals surface area (Å²) in [7, 11) is -7.92. The maximum absolute atomic E-state index is 10.1. The average Bonchev–Trinajstić information content (AvgIpc) is 2.36. The molecule has 0 aromatic carbocycles. The smallest absolute Gasteiger partial charge is 0.748 e. The van der Waals surface area contributed by atoms with Crippen LogP contribution in [-0.2, 0) is 20.2 Å². The molecule has 0 bridgehead atoms.